The molecule has 1 unspecified atom stereocenters. The molecule has 3 aliphatic rings. The summed E-state index contributed by atoms with van der Waals surface area (Å²) in [5.41, 5.74) is 1.71. The molecule has 1 aromatic carbocycles. The lowest BCUT2D eigenvalue weighted by molar-refractivity contribution is -0.134. The number of carbonyl (C=O) groups excluding carboxylic acids is 2. The molecule has 5 nitrogen and oxygen atoms in total. The van der Waals surface area contributed by atoms with Crippen LogP contribution in [-0.2, 0) is 16.1 Å². The summed E-state index contributed by atoms with van der Waals surface area (Å²) >= 11 is 0. The van der Waals surface area contributed by atoms with Crippen molar-refractivity contribution in [1.82, 2.24) is 10.2 Å². The van der Waals surface area contributed by atoms with E-state index in [4.69, 9.17) is 5.26 Å². The molecule has 2 amide bonds. The van der Waals surface area contributed by atoms with Gasteiger partial charge >= 0.3 is 0 Å². The minimum Gasteiger partial charge on any atom is -0.299 e. The Morgan fingerprint density at radius 1 is 1.21 bits per heavy atom. The predicted octanol–water partition coefficient (Wildman–Crippen LogP) is 3.28. The maximum Gasteiger partial charge on any atom is 0.267 e. The summed E-state index contributed by atoms with van der Waals surface area (Å²) in [7, 11) is 0. The molecule has 3 heterocycles. The molecule has 1 N–H and O–H groups in total. The van der Waals surface area contributed by atoms with E-state index in [0.29, 0.717) is 23.9 Å². The molecule has 1 aromatic rings. The van der Waals surface area contributed by atoms with Crippen molar-refractivity contribution in [3.8, 4) is 5.97 Å². The Hall–Kier alpha value is -2.20. The standard InChI is InChI=1S/C22H27BFN3O2/c24-19-13-16(1-2-17(19)18-3-4-20(28)26-21(18)29)14-27-11-7-22(8-12-27)5-9-23(15-25)10-6-22/h1-2,13,18H,3-12,14H2,(H,26,28,29). The second-order valence-electron chi connectivity index (χ2n) is 9.04. The van der Waals surface area contributed by atoms with Gasteiger partial charge in [-0.25, -0.2) is 9.65 Å². The molecule has 1 atom stereocenters. The lowest BCUT2D eigenvalue weighted by Crippen LogP contribution is -2.42. The number of rotatable bonds is 3. The number of piperidine rings is 2. The van der Waals surface area contributed by atoms with Gasteiger partial charge in [-0.2, -0.15) is 0 Å². The van der Waals surface area contributed by atoms with Crippen molar-refractivity contribution in [3.05, 3.63) is 35.1 Å². The largest absolute Gasteiger partial charge is 0.299 e. The average Bonchev–Trinajstić information content (AvgIpc) is 2.71. The number of nitrogens with one attached hydrogen (secondary N) is 1. The van der Waals surface area contributed by atoms with Gasteiger partial charge in [-0.15, -0.1) is 0 Å². The number of carbonyl (C=O) groups is 2. The predicted molar refractivity (Wildman–Crippen MR) is 109 cm³/mol. The molecular formula is C22H27BFN3O2. The number of halogens is 1. The molecule has 152 valence electrons. The highest BCUT2D eigenvalue weighted by atomic mass is 19.1. The summed E-state index contributed by atoms with van der Waals surface area (Å²) in [6, 6.07) is 5.16. The molecule has 0 radical (unpaired) electrons. The van der Waals surface area contributed by atoms with Gasteiger partial charge in [0.25, 0.3) is 6.71 Å². The van der Waals surface area contributed by atoms with Crippen LogP contribution in [-0.4, -0.2) is 36.5 Å². The van der Waals surface area contributed by atoms with Crippen LogP contribution < -0.4 is 5.32 Å². The van der Waals surface area contributed by atoms with Crippen molar-refractivity contribution in [1.29, 1.82) is 5.26 Å². The smallest absolute Gasteiger partial charge is 0.267 e. The van der Waals surface area contributed by atoms with E-state index in [0.717, 1.165) is 57.0 Å². The van der Waals surface area contributed by atoms with Gasteiger partial charge in [0, 0.05) is 24.5 Å². The Morgan fingerprint density at radius 2 is 1.93 bits per heavy atom. The summed E-state index contributed by atoms with van der Waals surface area (Å²) in [5, 5.41) is 11.4. The number of benzene rings is 1. The van der Waals surface area contributed by atoms with Crippen LogP contribution >= 0.6 is 0 Å². The lowest BCUT2D eigenvalue weighted by Gasteiger charge is -2.44. The van der Waals surface area contributed by atoms with E-state index in [-0.39, 0.29) is 24.9 Å². The molecule has 0 aliphatic carbocycles. The zero-order valence-corrected chi connectivity index (χ0v) is 16.8. The quantitative estimate of drug-likeness (QED) is 0.630. The minimum absolute atomic E-state index is 0.240. The van der Waals surface area contributed by atoms with Gasteiger partial charge in [-0.3, -0.25) is 19.8 Å². The molecular weight excluding hydrogens is 368 g/mol. The summed E-state index contributed by atoms with van der Waals surface area (Å²) in [4.78, 5) is 25.7. The van der Waals surface area contributed by atoms with Crippen LogP contribution in [0.2, 0.25) is 12.6 Å². The van der Waals surface area contributed by atoms with Gasteiger partial charge in [-0.05, 0) is 49.4 Å². The summed E-state index contributed by atoms with van der Waals surface area (Å²) in [6.45, 7) is 2.97. The number of likely N-dealkylation sites (tertiary alicyclic amines) is 1. The summed E-state index contributed by atoms with van der Waals surface area (Å²) in [6.07, 6.45) is 7.31. The van der Waals surface area contributed by atoms with E-state index in [1.807, 2.05) is 6.07 Å². The normalized spacial score (nSPS) is 25.0. The molecule has 0 saturated carbocycles. The summed E-state index contributed by atoms with van der Waals surface area (Å²) < 4.78 is 14.7. The highest BCUT2D eigenvalue weighted by Crippen LogP contribution is 2.45. The molecule has 4 rings (SSSR count). The Balaban J connectivity index is 1.34. The van der Waals surface area contributed by atoms with Crippen molar-refractivity contribution in [2.24, 2.45) is 5.41 Å². The average molecular weight is 395 g/mol. The van der Waals surface area contributed by atoms with E-state index in [9.17, 15) is 14.0 Å². The van der Waals surface area contributed by atoms with E-state index < -0.39 is 11.8 Å². The second-order valence-corrected chi connectivity index (χ2v) is 9.04. The number of amides is 2. The van der Waals surface area contributed by atoms with E-state index in [2.05, 4.69) is 16.2 Å². The third-order valence-electron chi connectivity index (χ3n) is 7.23. The first-order valence-electron chi connectivity index (χ1n) is 10.7. The van der Waals surface area contributed by atoms with Crippen LogP contribution in [0.4, 0.5) is 4.39 Å². The Morgan fingerprint density at radius 3 is 2.55 bits per heavy atom. The number of nitriles is 1. The highest BCUT2D eigenvalue weighted by Gasteiger charge is 2.39. The van der Waals surface area contributed by atoms with E-state index >= 15 is 0 Å². The third-order valence-corrected chi connectivity index (χ3v) is 7.23. The third kappa shape index (κ3) is 4.38. The first-order valence-corrected chi connectivity index (χ1v) is 10.7. The van der Waals surface area contributed by atoms with Crippen molar-refractivity contribution >= 4 is 18.5 Å². The van der Waals surface area contributed by atoms with Gasteiger partial charge in [0.2, 0.25) is 11.8 Å². The van der Waals surface area contributed by atoms with Crippen LogP contribution in [0.1, 0.15) is 55.6 Å². The molecule has 7 heteroatoms. The molecule has 29 heavy (non-hydrogen) atoms. The van der Waals surface area contributed by atoms with Gasteiger partial charge in [0.15, 0.2) is 0 Å². The zero-order valence-electron chi connectivity index (χ0n) is 16.8. The molecule has 3 aliphatic heterocycles. The fourth-order valence-electron chi connectivity index (χ4n) is 5.24. The minimum atomic E-state index is -0.583. The number of hydrogen-bond acceptors (Lipinski definition) is 4. The summed E-state index contributed by atoms with van der Waals surface area (Å²) in [5.74, 6) is 0.787. The molecule has 1 spiro atoms. The maximum atomic E-state index is 14.7. The fraction of sp³-hybridized carbons (Fsp3) is 0.591. The number of imide groups is 1. The van der Waals surface area contributed by atoms with Crippen LogP contribution in [0.3, 0.4) is 0 Å². The van der Waals surface area contributed by atoms with Crippen LogP contribution in [0, 0.1) is 22.5 Å². The molecule has 3 fully saturated rings. The topological polar surface area (TPSA) is 73.2 Å². The maximum absolute atomic E-state index is 14.7. The van der Waals surface area contributed by atoms with Crippen molar-refractivity contribution in [2.45, 2.75) is 63.6 Å². The van der Waals surface area contributed by atoms with Gasteiger partial charge in [0.05, 0.1) is 5.92 Å². The number of nitrogens with zero attached hydrogens (tertiary/aromatic N) is 2. The Labute approximate surface area is 171 Å². The number of hydrogen-bond donors (Lipinski definition) is 1. The monoisotopic (exact) mass is 395 g/mol. The lowest BCUT2D eigenvalue weighted by atomic mass is 9.39. The molecule has 0 aromatic heterocycles. The van der Waals surface area contributed by atoms with Crippen molar-refractivity contribution < 1.29 is 14.0 Å². The van der Waals surface area contributed by atoms with Crippen molar-refractivity contribution in [2.75, 3.05) is 13.1 Å². The zero-order chi connectivity index (χ0) is 20.4. The first kappa shape index (κ1) is 20.1. The van der Waals surface area contributed by atoms with Crippen molar-refractivity contribution in [3.63, 3.8) is 0 Å². The molecule has 3 saturated heterocycles. The highest BCUT2D eigenvalue weighted by molar-refractivity contribution is 6.67. The van der Waals surface area contributed by atoms with Gasteiger partial charge in [0.1, 0.15) is 5.82 Å². The Bertz CT molecular complexity index is 835. The molecule has 0 bridgehead atoms. The SMILES string of the molecule is N#CB1CCC2(CC1)CCN(Cc1ccc(C3CCC(=O)NC3=O)c(F)c1)CC2. The van der Waals surface area contributed by atoms with Gasteiger partial charge < -0.3 is 0 Å². The van der Waals surface area contributed by atoms with Gasteiger partial charge in [-0.1, -0.05) is 37.6 Å². The first-order chi connectivity index (χ1) is 14.0. The second kappa shape index (κ2) is 8.27. The van der Waals surface area contributed by atoms with Crippen LogP contribution in [0.25, 0.3) is 0 Å². The Kier molecular flexibility index (Phi) is 5.73. The van der Waals surface area contributed by atoms with E-state index in [1.54, 1.807) is 12.1 Å². The van der Waals surface area contributed by atoms with Crippen LogP contribution in [0.15, 0.2) is 18.2 Å². The van der Waals surface area contributed by atoms with E-state index in [1.165, 1.54) is 0 Å². The fourth-order valence-corrected chi connectivity index (χ4v) is 5.24. The van der Waals surface area contributed by atoms with Crippen LogP contribution in [0.5, 0.6) is 0 Å².